The van der Waals surface area contributed by atoms with E-state index in [1.807, 2.05) is 12.1 Å². The van der Waals surface area contributed by atoms with Gasteiger partial charge in [-0.1, -0.05) is 6.07 Å². The largest absolute Gasteiger partial charge is 0.383 e. The van der Waals surface area contributed by atoms with Crippen molar-refractivity contribution in [3.63, 3.8) is 0 Å². The molecule has 3 heterocycles. The van der Waals surface area contributed by atoms with E-state index >= 15 is 0 Å². The SMILES string of the molecule is COCCn1nnnc1[C@@H]1CN(C(=O)Cc2cccnc2)CCO1. The van der Waals surface area contributed by atoms with Crippen molar-refractivity contribution >= 4 is 5.91 Å². The van der Waals surface area contributed by atoms with Crippen molar-refractivity contribution in [2.45, 2.75) is 19.1 Å². The summed E-state index contributed by atoms with van der Waals surface area (Å²) in [6.07, 6.45) is 3.40. The number of amides is 1. The fraction of sp³-hybridized carbons (Fsp3) is 0.533. The molecule has 2 aromatic heterocycles. The summed E-state index contributed by atoms with van der Waals surface area (Å²) in [5.41, 5.74) is 0.899. The van der Waals surface area contributed by atoms with Gasteiger partial charge in [-0.05, 0) is 22.1 Å². The predicted octanol–water partition coefficient (Wildman–Crippen LogP) is -0.143. The van der Waals surface area contributed by atoms with Crippen molar-refractivity contribution < 1.29 is 14.3 Å². The molecular formula is C15H20N6O3. The average Bonchev–Trinajstić information content (AvgIpc) is 3.09. The van der Waals surface area contributed by atoms with Crippen LogP contribution in [0.4, 0.5) is 0 Å². The lowest BCUT2D eigenvalue weighted by molar-refractivity contribution is -0.138. The maximum Gasteiger partial charge on any atom is 0.227 e. The van der Waals surface area contributed by atoms with Crippen molar-refractivity contribution in [3.05, 3.63) is 35.9 Å². The Morgan fingerprint density at radius 1 is 1.50 bits per heavy atom. The van der Waals surface area contributed by atoms with E-state index in [-0.39, 0.29) is 12.0 Å². The summed E-state index contributed by atoms with van der Waals surface area (Å²) in [6, 6.07) is 3.73. The van der Waals surface area contributed by atoms with Crippen LogP contribution in [0.15, 0.2) is 24.5 Å². The van der Waals surface area contributed by atoms with Gasteiger partial charge in [0.15, 0.2) is 5.82 Å². The molecule has 0 aromatic carbocycles. The number of carbonyl (C=O) groups is 1. The molecule has 1 aliphatic rings. The second-order valence-electron chi connectivity index (χ2n) is 5.49. The van der Waals surface area contributed by atoms with E-state index in [4.69, 9.17) is 9.47 Å². The molecule has 9 nitrogen and oxygen atoms in total. The summed E-state index contributed by atoms with van der Waals surface area (Å²) >= 11 is 0. The first kappa shape index (κ1) is 16.5. The van der Waals surface area contributed by atoms with Gasteiger partial charge in [-0.2, -0.15) is 0 Å². The number of ether oxygens (including phenoxy) is 2. The lowest BCUT2D eigenvalue weighted by Crippen LogP contribution is -2.43. The number of rotatable bonds is 6. The van der Waals surface area contributed by atoms with Crippen LogP contribution in [0.25, 0.3) is 0 Å². The zero-order valence-corrected chi connectivity index (χ0v) is 13.5. The molecule has 1 fully saturated rings. The van der Waals surface area contributed by atoms with Crippen LogP contribution in [-0.4, -0.2) is 69.4 Å². The normalized spacial score (nSPS) is 17.9. The standard InChI is InChI=1S/C15H20N6O3/c1-23-7-6-21-15(17-18-19-21)13-11-20(5-8-24-13)14(22)9-12-3-2-4-16-10-12/h2-4,10,13H,5-9,11H2,1H3/t13-/m0/s1. The Kier molecular flexibility index (Phi) is 5.44. The summed E-state index contributed by atoms with van der Waals surface area (Å²) < 4.78 is 12.5. The van der Waals surface area contributed by atoms with Gasteiger partial charge in [-0.25, -0.2) is 4.68 Å². The molecule has 2 aromatic rings. The topological polar surface area (TPSA) is 95.3 Å². The summed E-state index contributed by atoms with van der Waals surface area (Å²) in [5, 5.41) is 11.7. The Morgan fingerprint density at radius 3 is 3.21 bits per heavy atom. The van der Waals surface area contributed by atoms with Gasteiger partial charge < -0.3 is 14.4 Å². The van der Waals surface area contributed by atoms with Gasteiger partial charge >= 0.3 is 0 Å². The van der Waals surface area contributed by atoms with E-state index in [0.29, 0.717) is 45.1 Å². The molecule has 3 rings (SSSR count). The predicted molar refractivity (Wildman–Crippen MR) is 82.9 cm³/mol. The second kappa shape index (κ2) is 7.93. The summed E-state index contributed by atoms with van der Waals surface area (Å²) in [5.74, 6) is 0.665. The Balaban J connectivity index is 1.64. The van der Waals surface area contributed by atoms with Gasteiger partial charge in [0.2, 0.25) is 5.91 Å². The van der Waals surface area contributed by atoms with Crippen LogP contribution in [-0.2, 0) is 27.2 Å². The van der Waals surface area contributed by atoms with Crippen LogP contribution < -0.4 is 0 Å². The minimum absolute atomic E-state index is 0.0483. The van der Waals surface area contributed by atoms with Gasteiger partial charge in [0.05, 0.1) is 32.7 Å². The van der Waals surface area contributed by atoms with E-state index in [2.05, 4.69) is 20.5 Å². The molecule has 0 unspecified atom stereocenters. The summed E-state index contributed by atoms with van der Waals surface area (Å²) in [7, 11) is 1.62. The Morgan fingerprint density at radius 2 is 2.42 bits per heavy atom. The smallest absolute Gasteiger partial charge is 0.227 e. The molecule has 0 bridgehead atoms. The maximum atomic E-state index is 12.5. The Labute approximate surface area is 139 Å². The highest BCUT2D eigenvalue weighted by Gasteiger charge is 2.29. The number of hydrogen-bond acceptors (Lipinski definition) is 7. The Bertz CT molecular complexity index is 662. The molecule has 0 spiro atoms. The molecule has 24 heavy (non-hydrogen) atoms. The van der Waals surface area contributed by atoms with Gasteiger partial charge in [0.1, 0.15) is 6.10 Å². The fourth-order valence-corrected chi connectivity index (χ4v) is 2.60. The summed E-state index contributed by atoms with van der Waals surface area (Å²) in [6.45, 7) is 2.51. The second-order valence-corrected chi connectivity index (χ2v) is 5.49. The monoisotopic (exact) mass is 332 g/mol. The van der Waals surface area contributed by atoms with Gasteiger partial charge in [0, 0.05) is 26.0 Å². The highest BCUT2D eigenvalue weighted by molar-refractivity contribution is 5.78. The quantitative estimate of drug-likeness (QED) is 0.726. The van der Waals surface area contributed by atoms with Gasteiger partial charge in [0.25, 0.3) is 0 Å². The highest BCUT2D eigenvalue weighted by Crippen LogP contribution is 2.20. The first-order chi connectivity index (χ1) is 11.8. The zero-order chi connectivity index (χ0) is 16.8. The molecule has 0 aliphatic carbocycles. The minimum Gasteiger partial charge on any atom is -0.383 e. The third-order valence-electron chi connectivity index (χ3n) is 3.85. The van der Waals surface area contributed by atoms with Crippen molar-refractivity contribution in [1.82, 2.24) is 30.1 Å². The highest BCUT2D eigenvalue weighted by atomic mass is 16.5. The number of aromatic nitrogens is 5. The molecule has 0 N–H and O–H groups in total. The lowest BCUT2D eigenvalue weighted by atomic mass is 10.1. The van der Waals surface area contributed by atoms with Crippen LogP contribution >= 0.6 is 0 Å². The van der Waals surface area contributed by atoms with Crippen molar-refractivity contribution in [2.24, 2.45) is 0 Å². The molecule has 0 radical (unpaired) electrons. The van der Waals surface area contributed by atoms with E-state index in [9.17, 15) is 4.79 Å². The molecule has 1 atom stereocenters. The molecule has 0 saturated carbocycles. The number of methoxy groups -OCH3 is 1. The number of hydrogen-bond donors (Lipinski definition) is 0. The summed E-state index contributed by atoms with van der Waals surface area (Å²) in [4.78, 5) is 18.3. The van der Waals surface area contributed by atoms with Crippen LogP contribution in [0.2, 0.25) is 0 Å². The van der Waals surface area contributed by atoms with E-state index in [0.717, 1.165) is 5.56 Å². The number of pyridine rings is 1. The van der Waals surface area contributed by atoms with E-state index in [1.54, 1.807) is 29.1 Å². The molecule has 1 amide bonds. The molecule has 1 saturated heterocycles. The molecule has 9 heteroatoms. The number of nitrogens with zero attached hydrogens (tertiary/aromatic N) is 6. The van der Waals surface area contributed by atoms with Crippen LogP contribution in [0.3, 0.4) is 0 Å². The van der Waals surface area contributed by atoms with E-state index < -0.39 is 0 Å². The van der Waals surface area contributed by atoms with Crippen molar-refractivity contribution in [2.75, 3.05) is 33.4 Å². The minimum atomic E-state index is -0.330. The zero-order valence-electron chi connectivity index (χ0n) is 13.5. The fourth-order valence-electron chi connectivity index (χ4n) is 2.60. The molecular weight excluding hydrogens is 312 g/mol. The van der Waals surface area contributed by atoms with Crippen LogP contribution in [0.1, 0.15) is 17.5 Å². The Hall–Kier alpha value is -2.39. The van der Waals surface area contributed by atoms with Crippen molar-refractivity contribution in [1.29, 1.82) is 0 Å². The average molecular weight is 332 g/mol. The van der Waals surface area contributed by atoms with Crippen LogP contribution in [0, 0.1) is 0 Å². The number of tetrazole rings is 1. The van der Waals surface area contributed by atoms with Gasteiger partial charge in [-0.3, -0.25) is 9.78 Å². The first-order valence-corrected chi connectivity index (χ1v) is 7.81. The third-order valence-corrected chi connectivity index (χ3v) is 3.85. The number of morpholine rings is 1. The van der Waals surface area contributed by atoms with Crippen LogP contribution in [0.5, 0.6) is 0 Å². The lowest BCUT2D eigenvalue weighted by Gasteiger charge is -2.32. The maximum absolute atomic E-state index is 12.5. The molecule has 128 valence electrons. The number of carbonyl (C=O) groups excluding carboxylic acids is 1. The molecule has 1 aliphatic heterocycles. The third kappa shape index (κ3) is 3.92. The van der Waals surface area contributed by atoms with Gasteiger partial charge in [-0.15, -0.1) is 5.10 Å². The first-order valence-electron chi connectivity index (χ1n) is 7.81. The van der Waals surface area contributed by atoms with E-state index in [1.165, 1.54) is 0 Å². The van der Waals surface area contributed by atoms with Crippen molar-refractivity contribution in [3.8, 4) is 0 Å².